The number of ether oxygens (including phenoxy) is 3. The van der Waals surface area contributed by atoms with Gasteiger partial charge in [0, 0.05) is 6.07 Å². The van der Waals surface area contributed by atoms with Gasteiger partial charge in [0.15, 0.2) is 0 Å². The van der Waals surface area contributed by atoms with Crippen molar-refractivity contribution in [1.82, 2.24) is 15.6 Å². The number of aliphatic hydroxyl groups is 1. The van der Waals surface area contributed by atoms with E-state index in [-0.39, 0.29) is 19.2 Å². The van der Waals surface area contributed by atoms with Crippen LogP contribution in [0.4, 0.5) is 15.3 Å². The highest BCUT2D eigenvalue weighted by atomic mass is 16.6. The molecular weight excluding hydrogens is 368 g/mol. The molecule has 156 valence electrons. The summed E-state index contributed by atoms with van der Waals surface area (Å²) in [5.74, 6) is 0.115. The Morgan fingerprint density at radius 3 is 1.96 bits per heavy atom. The molecule has 0 aromatic carbocycles. The van der Waals surface area contributed by atoms with Crippen LogP contribution in [0, 0.1) is 0 Å². The number of aliphatic hydroxyl groups excluding tert-OH is 1. The Balaban J connectivity index is 2.96. The summed E-state index contributed by atoms with van der Waals surface area (Å²) in [4.78, 5) is 32.2. The van der Waals surface area contributed by atoms with Gasteiger partial charge in [-0.05, 0) is 47.6 Å². The van der Waals surface area contributed by atoms with Gasteiger partial charge in [-0.25, -0.2) is 19.6 Å². The number of hydrogen-bond acceptors (Lipinski definition) is 8. The lowest BCUT2D eigenvalue weighted by Gasteiger charge is -2.22. The van der Waals surface area contributed by atoms with Crippen LogP contribution in [0.15, 0.2) is 23.3 Å². The van der Waals surface area contributed by atoms with E-state index in [2.05, 4.69) is 20.6 Å². The van der Waals surface area contributed by atoms with Crippen LogP contribution >= 0.6 is 0 Å². The number of hydrogen-bond donors (Lipinski definition) is 3. The van der Waals surface area contributed by atoms with E-state index in [1.807, 2.05) is 0 Å². The van der Waals surface area contributed by atoms with Crippen LogP contribution in [0.25, 0.3) is 0 Å². The van der Waals surface area contributed by atoms with Gasteiger partial charge in [0.05, 0.1) is 18.5 Å². The van der Waals surface area contributed by atoms with Crippen molar-refractivity contribution in [3.05, 3.63) is 18.3 Å². The molecule has 0 aliphatic heterocycles. The first kappa shape index (κ1) is 23.2. The van der Waals surface area contributed by atoms with E-state index in [9.17, 15) is 9.59 Å². The average molecular weight is 396 g/mol. The van der Waals surface area contributed by atoms with Crippen LogP contribution in [-0.2, 0) is 9.47 Å². The van der Waals surface area contributed by atoms with Crippen molar-refractivity contribution in [2.24, 2.45) is 4.99 Å². The minimum Gasteiger partial charge on any atom is -0.475 e. The fraction of sp³-hybridized carbons (Fsp3) is 0.556. The van der Waals surface area contributed by atoms with E-state index < -0.39 is 23.4 Å². The van der Waals surface area contributed by atoms with Gasteiger partial charge < -0.3 is 19.3 Å². The van der Waals surface area contributed by atoms with E-state index in [1.165, 1.54) is 12.3 Å². The van der Waals surface area contributed by atoms with E-state index in [1.54, 1.807) is 47.6 Å². The number of amides is 2. The van der Waals surface area contributed by atoms with Gasteiger partial charge >= 0.3 is 12.2 Å². The van der Waals surface area contributed by atoms with Crippen molar-refractivity contribution in [3.63, 3.8) is 0 Å². The number of alkyl carbamates (subject to hydrolysis) is 2. The Bertz CT molecular complexity index is 658. The van der Waals surface area contributed by atoms with Crippen LogP contribution in [0.3, 0.4) is 0 Å². The number of aromatic nitrogens is 1. The summed E-state index contributed by atoms with van der Waals surface area (Å²) >= 11 is 0. The summed E-state index contributed by atoms with van der Waals surface area (Å²) in [7, 11) is 0. The predicted octanol–water partition coefficient (Wildman–Crippen LogP) is 2.49. The Kier molecular flexibility index (Phi) is 8.17. The van der Waals surface area contributed by atoms with E-state index in [4.69, 9.17) is 19.3 Å². The minimum absolute atomic E-state index is 0.112. The molecule has 0 aliphatic rings. The first-order chi connectivity index (χ1) is 12.9. The van der Waals surface area contributed by atoms with E-state index >= 15 is 0 Å². The fourth-order valence-electron chi connectivity index (χ4n) is 1.69. The molecule has 0 unspecified atom stereocenters. The van der Waals surface area contributed by atoms with Crippen molar-refractivity contribution in [2.75, 3.05) is 13.2 Å². The number of guanidine groups is 1. The minimum atomic E-state index is -0.793. The van der Waals surface area contributed by atoms with E-state index in [0.29, 0.717) is 11.6 Å². The second-order valence-corrected chi connectivity index (χ2v) is 7.64. The second kappa shape index (κ2) is 9.88. The largest absolute Gasteiger partial charge is 0.475 e. The van der Waals surface area contributed by atoms with Gasteiger partial charge in [-0.1, -0.05) is 0 Å². The maximum atomic E-state index is 12.0. The van der Waals surface area contributed by atoms with Crippen molar-refractivity contribution < 1.29 is 28.9 Å². The predicted molar refractivity (Wildman–Crippen MR) is 103 cm³/mol. The molecule has 1 rings (SSSR count). The maximum Gasteiger partial charge on any atom is 0.414 e. The lowest BCUT2D eigenvalue weighted by molar-refractivity contribution is 0.0545. The normalized spacial score (nSPS) is 11.2. The third kappa shape index (κ3) is 10.3. The van der Waals surface area contributed by atoms with Crippen LogP contribution in [0.2, 0.25) is 0 Å². The first-order valence-corrected chi connectivity index (χ1v) is 8.66. The van der Waals surface area contributed by atoms with E-state index in [0.717, 1.165) is 0 Å². The Labute approximate surface area is 164 Å². The van der Waals surface area contributed by atoms with Gasteiger partial charge in [0.2, 0.25) is 11.8 Å². The molecule has 0 spiro atoms. The molecular formula is C18H28N4O6. The lowest BCUT2D eigenvalue weighted by atomic mass is 10.2. The monoisotopic (exact) mass is 396 g/mol. The third-order valence-corrected chi connectivity index (χ3v) is 2.54. The Hall–Kier alpha value is -2.88. The smallest absolute Gasteiger partial charge is 0.414 e. The number of nitrogens with one attached hydrogen (secondary N) is 2. The van der Waals surface area contributed by atoms with Gasteiger partial charge in [-0.15, -0.1) is 0 Å². The fourth-order valence-corrected chi connectivity index (χ4v) is 1.69. The molecule has 10 nitrogen and oxygen atoms in total. The number of rotatable bonds is 4. The van der Waals surface area contributed by atoms with Gasteiger partial charge in [-0.2, -0.15) is 0 Å². The molecule has 0 aliphatic carbocycles. The lowest BCUT2D eigenvalue weighted by Crippen LogP contribution is -2.47. The summed E-state index contributed by atoms with van der Waals surface area (Å²) in [6.45, 7) is 10.2. The quantitative estimate of drug-likeness (QED) is 0.526. The number of nitrogens with zero attached hydrogens (tertiary/aromatic N) is 2. The topological polar surface area (TPSA) is 131 Å². The number of carbonyl (C=O) groups excluding carboxylic acids is 2. The molecule has 2 amide bonds. The van der Waals surface area contributed by atoms with Crippen LogP contribution < -0.4 is 15.4 Å². The SMILES string of the molecule is CC(C)(C)OC(=O)NC(=Nc1ccc(OCCO)nc1)NC(=O)OC(C)(C)C. The van der Waals surface area contributed by atoms with Gasteiger partial charge in [-0.3, -0.25) is 10.6 Å². The molecule has 10 heteroatoms. The highest BCUT2D eigenvalue weighted by Crippen LogP contribution is 2.15. The first-order valence-electron chi connectivity index (χ1n) is 8.66. The molecule has 0 saturated heterocycles. The molecule has 0 bridgehead atoms. The number of aliphatic imine (C=N–C) groups is 1. The highest BCUT2D eigenvalue weighted by Gasteiger charge is 2.21. The molecule has 0 radical (unpaired) electrons. The molecule has 0 fully saturated rings. The summed E-state index contributed by atoms with van der Waals surface area (Å²) < 4.78 is 15.5. The molecule has 1 aromatic rings. The van der Waals surface area contributed by atoms with Crippen LogP contribution in [-0.4, -0.2) is 52.7 Å². The summed E-state index contributed by atoms with van der Waals surface area (Å²) in [5.41, 5.74) is -1.12. The summed E-state index contributed by atoms with van der Waals surface area (Å²) in [6.07, 6.45) is -0.211. The third-order valence-electron chi connectivity index (χ3n) is 2.54. The molecule has 3 N–H and O–H groups in total. The summed E-state index contributed by atoms with van der Waals surface area (Å²) in [5, 5.41) is 13.5. The zero-order chi connectivity index (χ0) is 21.4. The van der Waals surface area contributed by atoms with Gasteiger partial charge in [0.1, 0.15) is 17.8 Å². The zero-order valence-corrected chi connectivity index (χ0v) is 17.0. The summed E-state index contributed by atoms with van der Waals surface area (Å²) in [6, 6.07) is 3.10. The molecule has 28 heavy (non-hydrogen) atoms. The number of pyridine rings is 1. The molecule has 1 heterocycles. The molecule has 1 aromatic heterocycles. The zero-order valence-electron chi connectivity index (χ0n) is 17.0. The Morgan fingerprint density at radius 1 is 1.04 bits per heavy atom. The van der Waals surface area contributed by atoms with Crippen molar-refractivity contribution >= 4 is 23.8 Å². The van der Waals surface area contributed by atoms with Crippen molar-refractivity contribution in [1.29, 1.82) is 0 Å². The number of carbonyl (C=O) groups is 2. The maximum absolute atomic E-state index is 12.0. The molecule has 0 atom stereocenters. The van der Waals surface area contributed by atoms with Crippen molar-refractivity contribution in [3.8, 4) is 5.88 Å². The second-order valence-electron chi connectivity index (χ2n) is 7.64. The standard InChI is InChI=1S/C18H28N4O6/c1-17(2,3)27-15(24)21-14(22-16(25)28-18(4,5)6)20-12-7-8-13(19-11-12)26-10-9-23/h7-8,11,23H,9-10H2,1-6H3,(H2,20,21,22,24,25). The van der Waals surface area contributed by atoms with Gasteiger partial charge in [0.25, 0.3) is 0 Å². The molecule has 0 saturated carbocycles. The van der Waals surface area contributed by atoms with Crippen LogP contribution in [0.1, 0.15) is 41.5 Å². The Morgan fingerprint density at radius 2 is 1.57 bits per heavy atom. The van der Waals surface area contributed by atoms with Crippen LogP contribution in [0.5, 0.6) is 5.88 Å². The highest BCUT2D eigenvalue weighted by molar-refractivity contribution is 6.02. The average Bonchev–Trinajstić information content (AvgIpc) is 2.50. The van der Waals surface area contributed by atoms with Crippen molar-refractivity contribution in [2.45, 2.75) is 52.7 Å².